The molecule has 1 heterocycles. The Balaban J connectivity index is 1.81. The molecule has 2 rings (SSSR count). The number of carbonyl (C=O) groups is 1. The first kappa shape index (κ1) is 17.7. The molecule has 1 aliphatic rings. The number of amides is 1. The van der Waals surface area contributed by atoms with Gasteiger partial charge in [0.2, 0.25) is 0 Å². The number of likely N-dealkylation sites (N-methyl/N-ethyl adjacent to an activating group) is 2. The van der Waals surface area contributed by atoms with Crippen LogP contribution >= 0.6 is 22.6 Å². The van der Waals surface area contributed by atoms with E-state index in [2.05, 4.69) is 39.4 Å². The van der Waals surface area contributed by atoms with Crippen molar-refractivity contribution in [2.75, 3.05) is 53.4 Å². The molecule has 1 atom stereocenters. The average molecular weight is 417 g/mol. The molecule has 1 amide bonds. The third-order valence-electron chi connectivity index (χ3n) is 3.99. The Hall–Kier alpha value is -0.700. The van der Waals surface area contributed by atoms with E-state index in [0.29, 0.717) is 18.7 Å². The van der Waals surface area contributed by atoms with Crippen molar-refractivity contribution in [3.63, 3.8) is 0 Å². The summed E-state index contributed by atoms with van der Waals surface area (Å²) in [6.45, 7) is 4.99. The molecule has 0 spiro atoms. The lowest BCUT2D eigenvalue weighted by molar-refractivity contribution is 0.0501. The van der Waals surface area contributed by atoms with E-state index < -0.39 is 6.10 Å². The molecule has 1 aromatic rings. The first-order valence-corrected chi connectivity index (χ1v) is 8.63. The van der Waals surface area contributed by atoms with E-state index in [1.165, 1.54) is 0 Å². The van der Waals surface area contributed by atoms with Gasteiger partial charge in [-0.05, 0) is 53.9 Å². The highest BCUT2D eigenvalue weighted by Crippen LogP contribution is 2.09. The number of aliphatic hydroxyl groups excluding tert-OH is 1. The van der Waals surface area contributed by atoms with Crippen molar-refractivity contribution in [3.8, 4) is 0 Å². The number of piperazine rings is 1. The summed E-state index contributed by atoms with van der Waals surface area (Å²) in [4.78, 5) is 18.5. The van der Waals surface area contributed by atoms with Crippen molar-refractivity contribution in [1.29, 1.82) is 0 Å². The number of halogens is 1. The van der Waals surface area contributed by atoms with E-state index in [-0.39, 0.29) is 5.91 Å². The van der Waals surface area contributed by atoms with Gasteiger partial charge in [0.15, 0.2) is 0 Å². The second-order valence-electron chi connectivity index (χ2n) is 5.95. The Kier molecular flexibility index (Phi) is 6.61. The van der Waals surface area contributed by atoms with Crippen LogP contribution in [0.1, 0.15) is 10.4 Å². The van der Waals surface area contributed by atoms with Gasteiger partial charge >= 0.3 is 0 Å². The Morgan fingerprint density at radius 1 is 1.27 bits per heavy atom. The van der Waals surface area contributed by atoms with Crippen molar-refractivity contribution >= 4 is 28.5 Å². The van der Waals surface area contributed by atoms with E-state index in [1.54, 1.807) is 11.9 Å². The summed E-state index contributed by atoms with van der Waals surface area (Å²) >= 11 is 2.22. The predicted octanol–water partition coefficient (Wildman–Crippen LogP) is 0.972. The summed E-state index contributed by atoms with van der Waals surface area (Å²) < 4.78 is 1.10. The van der Waals surface area contributed by atoms with Gasteiger partial charge < -0.3 is 14.9 Å². The molecule has 6 heteroatoms. The number of hydrogen-bond donors (Lipinski definition) is 1. The van der Waals surface area contributed by atoms with Crippen molar-refractivity contribution in [1.82, 2.24) is 14.7 Å². The van der Waals surface area contributed by atoms with E-state index >= 15 is 0 Å². The SMILES string of the molecule is CN1CCN(C[C@H](O)CN(C)C(=O)c2ccc(I)cc2)CC1. The van der Waals surface area contributed by atoms with Gasteiger partial charge in [0.1, 0.15) is 0 Å². The normalized spacial score (nSPS) is 18.2. The third-order valence-corrected chi connectivity index (χ3v) is 4.71. The molecule has 1 fully saturated rings. The topological polar surface area (TPSA) is 47.0 Å². The molecule has 122 valence electrons. The van der Waals surface area contributed by atoms with Gasteiger partial charge in [0, 0.05) is 55.4 Å². The van der Waals surface area contributed by atoms with Gasteiger partial charge in [-0.15, -0.1) is 0 Å². The zero-order chi connectivity index (χ0) is 16.1. The van der Waals surface area contributed by atoms with Gasteiger partial charge in [-0.3, -0.25) is 9.69 Å². The number of hydrogen-bond acceptors (Lipinski definition) is 4. The second kappa shape index (κ2) is 8.24. The predicted molar refractivity (Wildman–Crippen MR) is 96.1 cm³/mol. The highest BCUT2D eigenvalue weighted by molar-refractivity contribution is 14.1. The number of carbonyl (C=O) groups excluding carboxylic acids is 1. The summed E-state index contributed by atoms with van der Waals surface area (Å²) in [6, 6.07) is 7.49. The molecular weight excluding hydrogens is 393 g/mol. The fraction of sp³-hybridized carbons (Fsp3) is 0.562. The van der Waals surface area contributed by atoms with E-state index in [1.807, 2.05) is 24.3 Å². The monoisotopic (exact) mass is 417 g/mol. The summed E-state index contributed by atoms with van der Waals surface area (Å²) in [5.74, 6) is -0.0474. The minimum Gasteiger partial charge on any atom is -0.390 e. The van der Waals surface area contributed by atoms with Crippen molar-refractivity contribution < 1.29 is 9.90 Å². The van der Waals surface area contributed by atoms with Crippen molar-refractivity contribution in [2.24, 2.45) is 0 Å². The highest BCUT2D eigenvalue weighted by atomic mass is 127. The maximum atomic E-state index is 12.3. The van der Waals surface area contributed by atoms with Gasteiger partial charge in [-0.1, -0.05) is 0 Å². The van der Waals surface area contributed by atoms with Gasteiger partial charge in [-0.25, -0.2) is 0 Å². The fourth-order valence-corrected chi connectivity index (χ4v) is 2.96. The molecule has 0 aromatic heterocycles. The van der Waals surface area contributed by atoms with Gasteiger partial charge in [0.05, 0.1) is 6.10 Å². The first-order valence-electron chi connectivity index (χ1n) is 7.55. The summed E-state index contributed by atoms with van der Waals surface area (Å²) in [6.07, 6.45) is -0.513. The number of aliphatic hydroxyl groups is 1. The van der Waals surface area contributed by atoms with Crippen LogP contribution in [-0.2, 0) is 0 Å². The molecule has 0 radical (unpaired) electrons. The van der Waals surface area contributed by atoms with Crippen molar-refractivity contribution in [3.05, 3.63) is 33.4 Å². The van der Waals surface area contributed by atoms with E-state index in [0.717, 1.165) is 29.7 Å². The van der Waals surface area contributed by atoms with Crippen LogP contribution in [0.3, 0.4) is 0 Å². The van der Waals surface area contributed by atoms with Crippen LogP contribution in [0, 0.1) is 3.57 Å². The van der Waals surface area contributed by atoms with Gasteiger partial charge in [-0.2, -0.15) is 0 Å². The molecule has 22 heavy (non-hydrogen) atoms. The maximum Gasteiger partial charge on any atom is 0.253 e. The van der Waals surface area contributed by atoms with Crippen LogP contribution in [-0.4, -0.2) is 85.2 Å². The lowest BCUT2D eigenvalue weighted by Crippen LogP contribution is -2.49. The minimum absolute atomic E-state index is 0.0474. The molecule has 5 nitrogen and oxygen atoms in total. The van der Waals surface area contributed by atoms with Crippen LogP contribution < -0.4 is 0 Å². The molecule has 1 aromatic carbocycles. The quantitative estimate of drug-likeness (QED) is 0.726. The van der Waals surface area contributed by atoms with Gasteiger partial charge in [0.25, 0.3) is 5.91 Å². The summed E-state index contributed by atoms with van der Waals surface area (Å²) in [7, 11) is 3.86. The number of benzene rings is 1. The Bertz CT molecular complexity index is 487. The molecule has 1 N–H and O–H groups in total. The molecule has 0 bridgehead atoms. The minimum atomic E-state index is -0.513. The Morgan fingerprint density at radius 3 is 2.45 bits per heavy atom. The summed E-state index contributed by atoms with van der Waals surface area (Å²) in [5, 5.41) is 10.2. The largest absolute Gasteiger partial charge is 0.390 e. The van der Waals surface area contributed by atoms with E-state index in [4.69, 9.17) is 0 Å². The molecule has 0 saturated carbocycles. The van der Waals surface area contributed by atoms with Crippen LogP contribution in [0.5, 0.6) is 0 Å². The average Bonchev–Trinajstić information content (AvgIpc) is 2.49. The maximum absolute atomic E-state index is 12.3. The standard InChI is InChI=1S/C16H24IN3O2/c1-18-7-9-20(10-8-18)12-15(21)11-19(2)16(22)13-3-5-14(17)6-4-13/h3-6,15,21H,7-12H2,1-2H3/t15-/m1/s1. The van der Waals surface area contributed by atoms with E-state index in [9.17, 15) is 9.90 Å². The first-order chi connectivity index (χ1) is 10.5. The smallest absolute Gasteiger partial charge is 0.253 e. The molecule has 0 aliphatic carbocycles. The highest BCUT2D eigenvalue weighted by Gasteiger charge is 2.20. The number of β-amino-alcohol motifs (C(OH)–C–C–N with tert-alkyl or cyclic N) is 1. The Labute approximate surface area is 146 Å². The zero-order valence-corrected chi connectivity index (χ0v) is 15.4. The molecule has 0 unspecified atom stereocenters. The van der Waals surface area contributed by atoms with Crippen molar-refractivity contribution in [2.45, 2.75) is 6.10 Å². The Morgan fingerprint density at radius 2 is 1.86 bits per heavy atom. The number of nitrogens with zero attached hydrogens (tertiary/aromatic N) is 3. The molecule has 1 aliphatic heterocycles. The molecular formula is C16H24IN3O2. The summed E-state index contributed by atoms with van der Waals surface area (Å²) in [5.41, 5.74) is 0.662. The van der Waals surface area contributed by atoms with Crippen LogP contribution in [0.4, 0.5) is 0 Å². The lowest BCUT2D eigenvalue weighted by Gasteiger charge is -2.34. The lowest BCUT2D eigenvalue weighted by atomic mass is 10.2. The fourth-order valence-electron chi connectivity index (χ4n) is 2.60. The third kappa shape index (κ3) is 5.19. The second-order valence-corrected chi connectivity index (χ2v) is 7.20. The zero-order valence-electron chi connectivity index (χ0n) is 13.2. The van der Waals surface area contributed by atoms with Crippen LogP contribution in [0.15, 0.2) is 24.3 Å². The van der Waals surface area contributed by atoms with Crippen LogP contribution in [0.25, 0.3) is 0 Å². The van der Waals surface area contributed by atoms with Crippen LogP contribution in [0.2, 0.25) is 0 Å². The number of rotatable bonds is 5. The molecule has 1 saturated heterocycles.